The Labute approximate surface area is 295 Å². The van der Waals surface area contributed by atoms with Crippen LogP contribution in [0.1, 0.15) is 0 Å². The van der Waals surface area contributed by atoms with Crippen LogP contribution in [-0.2, 0) is 19.5 Å². The zero-order valence-electron chi connectivity index (χ0n) is 19.6. The second-order valence-corrected chi connectivity index (χ2v) is 9.48. The van der Waals surface area contributed by atoms with Crippen LogP contribution in [0.5, 0.6) is 11.5 Å². The van der Waals surface area contributed by atoms with Crippen LogP contribution in [0.25, 0.3) is 11.1 Å². The molecule has 0 fully saturated rings. The molecule has 9 heteroatoms. The maximum atomic E-state index is 5.83. The molecule has 0 saturated carbocycles. The predicted molar refractivity (Wildman–Crippen MR) is 140 cm³/mol. The zero-order valence-corrected chi connectivity index (χ0v) is 32.8. The molecule has 0 saturated heterocycles. The van der Waals surface area contributed by atoms with Crippen molar-refractivity contribution in [3.8, 4) is 22.6 Å². The molecule has 0 amide bonds. The van der Waals surface area contributed by atoms with E-state index in [1.165, 1.54) is 21.2 Å². The van der Waals surface area contributed by atoms with Gasteiger partial charge in [-0.3, -0.25) is 0 Å². The molecule has 0 aliphatic rings. The van der Waals surface area contributed by atoms with Gasteiger partial charge in [-0.25, -0.2) is 0 Å². The smallest absolute Gasteiger partial charge is 0.127 e. The molecule has 2 radical (unpaired) electrons. The third-order valence-corrected chi connectivity index (χ3v) is 7.46. The van der Waals surface area contributed by atoms with Crippen LogP contribution >= 0.6 is 17.2 Å². The molecule has 4 rings (SSSR count). The summed E-state index contributed by atoms with van der Waals surface area (Å²) in [4.78, 5) is 0. The monoisotopic (exact) mass is 1020 g/mol. The van der Waals surface area contributed by atoms with Crippen LogP contribution in [0.3, 0.4) is 0 Å². The first-order chi connectivity index (χ1) is 14.8. The molecule has 2 atom stereocenters. The van der Waals surface area contributed by atoms with E-state index in [4.69, 9.17) is 9.47 Å². The summed E-state index contributed by atoms with van der Waals surface area (Å²) in [5, 5.41) is 5.11. The Morgan fingerprint density at radius 1 is 0.486 bits per heavy atom. The van der Waals surface area contributed by atoms with E-state index >= 15 is 0 Å². The summed E-state index contributed by atoms with van der Waals surface area (Å²) in [5.41, 5.74) is 2.25. The first kappa shape index (κ1) is 37.9. The number of hydrogen-bond donors (Lipinski definition) is 0. The molecule has 0 spiro atoms. The van der Waals surface area contributed by atoms with Gasteiger partial charge in [0, 0.05) is 119 Å². The van der Waals surface area contributed by atoms with Gasteiger partial charge in [-0.15, -0.1) is 0 Å². The molecule has 0 bridgehead atoms. The van der Waals surface area contributed by atoms with Crippen molar-refractivity contribution in [1.29, 1.82) is 0 Å². The van der Waals surface area contributed by atoms with Gasteiger partial charge in [0.1, 0.15) is 11.5 Å². The van der Waals surface area contributed by atoms with E-state index in [2.05, 4.69) is 84.9 Å². The van der Waals surface area contributed by atoms with Crippen molar-refractivity contribution in [1.82, 2.24) is 0 Å². The normalized spacial score (nSPS) is 9.77. The van der Waals surface area contributed by atoms with Gasteiger partial charge in [0.15, 0.2) is 0 Å². The average molecular weight is 1020 g/mol. The Kier molecular flexibility index (Phi) is 21.4. The molecule has 180 valence electrons. The van der Waals surface area contributed by atoms with Crippen molar-refractivity contribution >= 4 is 38.4 Å². The molecule has 4 N–H and O–H groups in total. The van der Waals surface area contributed by atoms with Crippen LogP contribution in [0.2, 0.25) is 0 Å². The molecule has 0 aliphatic carbocycles. The fraction of sp³-hybridized carbons (Fsp3) is 0.0769. The average Bonchev–Trinajstić information content (AvgIpc) is 2.80. The zero-order chi connectivity index (χ0) is 20.8. The van der Waals surface area contributed by atoms with Crippen LogP contribution in [-0.4, -0.2) is 25.2 Å². The number of methoxy groups -OCH3 is 2. The van der Waals surface area contributed by atoms with Gasteiger partial charge in [-0.05, 0) is 33.4 Å². The minimum Gasteiger partial charge on any atom is -0.496 e. The number of rotatable bonds is 7. The largest absolute Gasteiger partial charge is 0.496 e. The Hall–Kier alpha value is 0.766. The summed E-state index contributed by atoms with van der Waals surface area (Å²) < 4.78 is 11.7. The fourth-order valence-electron chi connectivity index (χ4n) is 3.48. The maximum absolute atomic E-state index is 5.83. The van der Waals surface area contributed by atoms with Crippen LogP contribution in [0, 0.1) is 88.1 Å². The SMILES string of the molecule is COc1cccc(Pc2ccccc2)c1-c1c(OC)cccc1Pc1ccccc1.O.O.[Ac].[Ac].[Ru]. The summed E-state index contributed by atoms with van der Waals surface area (Å²) in [5.74, 6) is 1.75. The van der Waals surface area contributed by atoms with Gasteiger partial charge in [-0.1, -0.05) is 102 Å². The summed E-state index contributed by atoms with van der Waals surface area (Å²) >= 11 is 0. The predicted octanol–water partition coefficient (Wildman–Crippen LogP) is 2.98. The van der Waals surface area contributed by atoms with Gasteiger partial charge in [0.2, 0.25) is 0 Å². The Balaban J connectivity index is 0. The van der Waals surface area contributed by atoms with Crippen LogP contribution in [0.15, 0.2) is 97.1 Å². The number of hydrogen-bond acceptors (Lipinski definition) is 2. The standard InChI is InChI=1S/C26H24O2P2.2Ac.2H2O.Ru/c1-27-21-15-9-17-23(29-19-11-5-3-6-12-19)25(21)26-22(28-2)16-10-18-24(26)30-20-13-7-4-8-14-20;;;;;/h3-18,29-30H,1-2H3;;;2*1H2;. The fourth-order valence-corrected chi connectivity index (χ4v) is 5.93. The van der Waals surface area contributed by atoms with Crippen LogP contribution in [0.4, 0.5) is 0 Å². The summed E-state index contributed by atoms with van der Waals surface area (Å²) in [7, 11) is 4.54. The summed E-state index contributed by atoms with van der Waals surface area (Å²) in [6.45, 7) is 0. The molecule has 35 heavy (non-hydrogen) atoms. The number of ether oxygens (including phenoxy) is 2. The Morgan fingerprint density at radius 2 is 0.829 bits per heavy atom. The van der Waals surface area contributed by atoms with Gasteiger partial charge in [-0.2, -0.15) is 0 Å². The molecular formula is C26H28Ac2O4P2Ru. The summed E-state index contributed by atoms with van der Waals surface area (Å²) in [6, 6.07) is 33.8. The van der Waals surface area contributed by atoms with Crippen molar-refractivity contribution in [3.63, 3.8) is 0 Å². The van der Waals surface area contributed by atoms with Gasteiger partial charge in [0.25, 0.3) is 0 Å². The molecule has 0 aromatic heterocycles. The van der Waals surface area contributed by atoms with E-state index < -0.39 is 0 Å². The van der Waals surface area contributed by atoms with E-state index in [-0.39, 0.29) is 119 Å². The topological polar surface area (TPSA) is 81.5 Å². The second kappa shape index (κ2) is 19.8. The maximum Gasteiger partial charge on any atom is 0.127 e. The van der Waals surface area contributed by atoms with Crippen molar-refractivity contribution in [2.45, 2.75) is 0 Å². The molecular weight excluding hydrogens is 993 g/mol. The molecule has 4 aromatic carbocycles. The van der Waals surface area contributed by atoms with E-state index in [1.54, 1.807) is 14.2 Å². The molecule has 4 aromatic rings. The van der Waals surface area contributed by atoms with Crippen molar-refractivity contribution in [2.24, 2.45) is 0 Å². The number of benzene rings is 4. The van der Waals surface area contributed by atoms with Crippen molar-refractivity contribution in [3.05, 3.63) is 97.1 Å². The van der Waals surface area contributed by atoms with Crippen LogP contribution < -0.4 is 30.7 Å². The van der Waals surface area contributed by atoms with E-state index in [0.29, 0.717) is 17.2 Å². The minimum atomic E-state index is 0. The minimum absolute atomic E-state index is 0. The first-order valence-corrected chi connectivity index (χ1v) is 11.8. The second-order valence-electron chi connectivity index (χ2n) is 6.75. The Morgan fingerprint density at radius 3 is 1.14 bits per heavy atom. The van der Waals surface area contributed by atoms with Gasteiger partial charge in [0.05, 0.1) is 14.2 Å². The molecule has 0 heterocycles. The molecule has 0 aliphatic heterocycles. The third-order valence-electron chi connectivity index (χ3n) is 4.85. The third kappa shape index (κ3) is 10.1. The molecule has 4 nitrogen and oxygen atoms in total. The Bertz CT molecular complexity index is 1050. The van der Waals surface area contributed by atoms with E-state index in [0.717, 1.165) is 22.6 Å². The first-order valence-electron chi connectivity index (χ1n) is 9.78. The molecule has 2 unspecified atom stereocenters. The quantitative estimate of drug-likeness (QED) is 0.211. The van der Waals surface area contributed by atoms with Crippen molar-refractivity contribution in [2.75, 3.05) is 14.2 Å². The van der Waals surface area contributed by atoms with E-state index in [1.807, 2.05) is 12.1 Å². The van der Waals surface area contributed by atoms with Gasteiger partial charge >= 0.3 is 0 Å². The van der Waals surface area contributed by atoms with Gasteiger partial charge < -0.3 is 20.4 Å². The summed E-state index contributed by atoms with van der Waals surface area (Å²) in [6.07, 6.45) is 0. The van der Waals surface area contributed by atoms with E-state index in [9.17, 15) is 0 Å². The van der Waals surface area contributed by atoms with Crippen molar-refractivity contribution < 1.29 is 128 Å².